The first-order chi connectivity index (χ1) is 28.7. The molecule has 6 aromatic rings. The summed E-state index contributed by atoms with van der Waals surface area (Å²) in [6, 6.07) is 13.8. The zero-order chi connectivity index (χ0) is 45.7. The highest BCUT2D eigenvalue weighted by molar-refractivity contribution is 7.86. The number of phenols is 2. The number of amides is 2. The van der Waals surface area contributed by atoms with Gasteiger partial charge in [-0.3, -0.25) is 27.8 Å². The Morgan fingerprint density at radius 1 is 0.468 bits per heavy atom. The molecule has 6 rings (SSSR count). The molecule has 12 N–H and O–H groups in total. The molecule has 322 valence electrons. The maximum absolute atomic E-state index is 12.9. The first kappa shape index (κ1) is 44.4. The number of rotatable bonds is 10. The summed E-state index contributed by atoms with van der Waals surface area (Å²) < 4.78 is 134. The average molecular weight is 931 g/mol. The van der Waals surface area contributed by atoms with Crippen molar-refractivity contribution in [1.29, 1.82) is 0 Å². The Bertz CT molecular complexity index is 3230. The van der Waals surface area contributed by atoms with Crippen LogP contribution >= 0.6 is 0 Å². The number of phenolic OH excluding ortho intramolecular Hbond substituents is 2. The molecular formula is C34H26N8O16S4. The Kier molecular flexibility index (Phi) is 11.5. The van der Waals surface area contributed by atoms with Crippen LogP contribution < -0.4 is 22.1 Å². The smallest absolute Gasteiger partial charge is 0.314 e. The Morgan fingerprint density at radius 2 is 0.823 bits per heavy atom. The molecule has 62 heavy (non-hydrogen) atoms. The molecule has 0 aromatic heterocycles. The molecule has 0 saturated carbocycles. The second-order valence-electron chi connectivity index (χ2n) is 12.7. The minimum atomic E-state index is -5.14. The monoisotopic (exact) mass is 930 g/mol. The van der Waals surface area contributed by atoms with E-state index in [4.69, 9.17) is 11.5 Å². The van der Waals surface area contributed by atoms with E-state index in [1.165, 1.54) is 24.3 Å². The standard InChI is InChI=1S/C34H26N8O16S4/c35-21-5-1-15-9-19(59(47,48)49)13-25(43)29(15)31(21)41-39-23-7-3-17(11-27(23)61(53,54)55)37-33(45)34(46)38-18-4-8-24(28(12-18)62(56,57)58)40-42-32-22(36)6-2-16-10-20(60(50,51)52)14-26(44)30(16)32/h1-14,43-44H,35-36H2,(H,37,45)(H,38,46)(H,47,48,49)(H,50,51,52)(H,53,54,55)(H,56,57,58). The van der Waals surface area contributed by atoms with Crippen molar-refractivity contribution in [1.82, 2.24) is 0 Å². The Morgan fingerprint density at radius 3 is 1.15 bits per heavy atom. The summed E-state index contributed by atoms with van der Waals surface area (Å²) in [4.78, 5) is 22.5. The number of carbonyl (C=O) groups is 2. The van der Waals surface area contributed by atoms with Gasteiger partial charge in [0.1, 0.15) is 44.0 Å². The molecule has 0 aliphatic rings. The van der Waals surface area contributed by atoms with Crippen LogP contribution in [0.1, 0.15) is 0 Å². The van der Waals surface area contributed by atoms with Crippen LogP contribution in [-0.2, 0) is 50.1 Å². The molecule has 2 amide bonds. The van der Waals surface area contributed by atoms with E-state index in [0.29, 0.717) is 24.3 Å². The second-order valence-corrected chi connectivity index (χ2v) is 18.3. The summed E-state index contributed by atoms with van der Waals surface area (Å²) in [6.45, 7) is 0. The first-order valence-electron chi connectivity index (χ1n) is 16.5. The Hall–Kier alpha value is -7.18. The fourth-order valence-corrected chi connectivity index (χ4v) is 8.06. The van der Waals surface area contributed by atoms with Crippen LogP contribution in [0.25, 0.3) is 21.5 Å². The van der Waals surface area contributed by atoms with Crippen molar-refractivity contribution in [2.45, 2.75) is 19.6 Å². The zero-order valence-corrected chi connectivity index (χ0v) is 33.7. The third-order valence-electron chi connectivity index (χ3n) is 8.46. The first-order valence-corrected chi connectivity index (χ1v) is 22.2. The van der Waals surface area contributed by atoms with Gasteiger partial charge in [-0.2, -0.15) is 33.7 Å². The van der Waals surface area contributed by atoms with Crippen molar-refractivity contribution in [3.63, 3.8) is 0 Å². The fourth-order valence-electron chi connectivity index (χ4n) is 5.69. The van der Waals surface area contributed by atoms with Crippen LogP contribution in [-0.4, -0.2) is 73.9 Å². The molecule has 0 radical (unpaired) electrons. The van der Waals surface area contributed by atoms with Crippen LogP contribution in [0.5, 0.6) is 11.5 Å². The van der Waals surface area contributed by atoms with Gasteiger partial charge < -0.3 is 32.3 Å². The number of nitrogens with zero attached hydrogens (tertiary/aromatic N) is 4. The summed E-state index contributed by atoms with van der Waals surface area (Å²) in [6.07, 6.45) is 0. The van der Waals surface area contributed by atoms with Gasteiger partial charge in [-0.1, -0.05) is 12.1 Å². The third kappa shape index (κ3) is 9.40. The highest BCUT2D eigenvalue weighted by Crippen LogP contribution is 2.42. The molecule has 0 aliphatic heterocycles. The number of nitrogen functional groups attached to an aromatic ring is 2. The van der Waals surface area contributed by atoms with Crippen molar-refractivity contribution in [3.8, 4) is 11.5 Å². The Balaban J connectivity index is 1.24. The fraction of sp³-hybridized carbons (Fsp3) is 0. The summed E-state index contributed by atoms with van der Waals surface area (Å²) in [5, 5.41) is 40.2. The zero-order valence-electron chi connectivity index (χ0n) is 30.4. The molecule has 0 saturated heterocycles. The molecule has 28 heteroatoms. The van der Waals surface area contributed by atoms with Crippen LogP contribution in [0, 0.1) is 0 Å². The third-order valence-corrected chi connectivity index (χ3v) is 11.9. The van der Waals surface area contributed by atoms with E-state index >= 15 is 0 Å². The van der Waals surface area contributed by atoms with Crippen LogP contribution in [0.15, 0.2) is 125 Å². The lowest BCUT2D eigenvalue weighted by Gasteiger charge is -2.11. The molecule has 0 atom stereocenters. The number of aromatic hydroxyl groups is 2. The summed E-state index contributed by atoms with van der Waals surface area (Å²) >= 11 is 0. The van der Waals surface area contributed by atoms with E-state index in [-0.39, 0.29) is 44.3 Å². The molecular weight excluding hydrogens is 905 g/mol. The van der Waals surface area contributed by atoms with E-state index in [1.54, 1.807) is 0 Å². The summed E-state index contributed by atoms with van der Waals surface area (Å²) in [7, 11) is -19.8. The number of benzene rings is 6. The van der Waals surface area contributed by atoms with Gasteiger partial charge in [0.15, 0.2) is 0 Å². The van der Waals surface area contributed by atoms with Gasteiger partial charge in [0.05, 0.1) is 31.9 Å². The van der Waals surface area contributed by atoms with Crippen molar-refractivity contribution in [2.24, 2.45) is 20.5 Å². The van der Waals surface area contributed by atoms with Crippen molar-refractivity contribution in [2.75, 3.05) is 22.1 Å². The summed E-state index contributed by atoms with van der Waals surface area (Å²) in [5.41, 5.74) is 9.22. The van der Waals surface area contributed by atoms with Gasteiger partial charge in [-0.15, -0.1) is 20.5 Å². The molecule has 24 nitrogen and oxygen atoms in total. The SMILES string of the molecule is Nc1ccc2cc(S(=O)(=O)O)cc(O)c2c1N=Nc1ccc(NC(=O)C(=O)Nc2ccc(N=Nc3c(N)ccc4cc(S(=O)(=O)O)cc(O)c34)c(S(=O)(=O)O)c2)cc1S(=O)(=O)O. The lowest BCUT2D eigenvalue weighted by atomic mass is 10.1. The minimum absolute atomic E-state index is 0.0233. The van der Waals surface area contributed by atoms with E-state index in [9.17, 15) is 71.7 Å². The van der Waals surface area contributed by atoms with E-state index < -0.39 is 106 Å². The molecule has 0 heterocycles. The number of carbonyl (C=O) groups excluding carboxylic acids is 2. The minimum Gasteiger partial charge on any atom is -0.507 e. The maximum atomic E-state index is 12.9. The number of fused-ring (bicyclic) bond motifs is 2. The maximum Gasteiger partial charge on any atom is 0.314 e. The van der Waals surface area contributed by atoms with Crippen molar-refractivity contribution < 1.29 is 71.7 Å². The van der Waals surface area contributed by atoms with Gasteiger partial charge in [0.2, 0.25) is 0 Å². The van der Waals surface area contributed by atoms with E-state index in [0.717, 1.165) is 36.4 Å². The highest BCUT2D eigenvalue weighted by Gasteiger charge is 2.24. The lowest BCUT2D eigenvalue weighted by molar-refractivity contribution is -0.133. The van der Waals surface area contributed by atoms with Crippen molar-refractivity contribution in [3.05, 3.63) is 84.9 Å². The van der Waals surface area contributed by atoms with Gasteiger partial charge >= 0.3 is 11.8 Å². The van der Waals surface area contributed by atoms with Crippen LogP contribution in [0.2, 0.25) is 0 Å². The number of nitrogens with two attached hydrogens (primary N) is 2. The molecule has 0 bridgehead atoms. The van der Waals surface area contributed by atoms with Gasteiger partial charge in [0, 0.05) is 23.5 Å². The largest absolute Gasteiger partial charge is 0.507 e. The van der Waals surface area contributed by atoms with Crippen LogP contribution in [0.4, 0.5) is 45.5 Å². The second kappa shape index (κ2) is 16.0. The normalized spacial score (nSPS) is 12.6. The van der Waals surface area contributed by atoms with Gasteiger partial charge in [-0.05, 0) is 71.4 Å². The topological polar surface area (TPSA) is 418 Å². The predicted molar refractivity (Wildman–Crippen MR) is 218 cm³/mol. The quantitative estimate of drug-likeness (QED) is 0.0375. The van der Waals surface area contributed by atoms with Gasteiger partial charge in [0.25, 0.3) is 40.5 Å². The summed E-state index contributed by atoms with van der Waals surface area (Å²) in [5.74, 6) is -4.34. The van der Waals surface area contributed by atoms with Crippen molar-refractivity contribution >= 4 is 119 Å². The molecule has 0 spiro atoms. The lowest BCUT2D eigenvalue weighted by Crippen LogP contribution is -2.29. The number of azo groups is 2. The highest BCUT2D eigenvalue weighted by atomic mass is 32.2. The van der Waals surface area contributed by atoms with Gasteiger partial charge in [-0.25, -0.2) is 0 Å². The van der Waals surface area contributed by atoms with E-state index in [2.05, 4.69) is 31.1 Å². The number of anilines is 4. The average Bonchev–Trinajstić information content (AvgIpc) is 3.16. The van der Waals surface area contributed by atoms with E-state index in [1.807, 2.05) is 0 Å². The number of hydrogen-bond donors (Lipinski definition) is 10. The Labute approximate surface area is 348 Å². The number of nitrogens with one attached hydrogen (secondary N) is 2. The van der Waals surface area contributed by atoms with Crippen LogP contribution in [0.3, 0.4) is 0 Å². The molecule has 0 unspecified atom stereocenters. The molecule has 0 fully saturated rings. The molecule has 6 aromatic carbocycles. The predicted octanol–water partition coefficient (Wildman–Crippen LogP) is 4.96. The number of hydrogen-bond acceptors (Lipinski definition) is 18. The molecule has 0 aliphatic carbocycles.